The normalized spacial score (nSPS) is 10.3. The van der Waals surface area contributed by atoms with Gasteiger partial charge in [-0.15, -0.1) is 0 Å². The molecule has 0 saturated carbocycles. The van der Waals surface area contributed by atoms with E-state index in [0.29, 0.717) is 0 Å². The molecule has 0 aliphatic rings. The van der Waals surface area contributed by atoms with Crippen molar-refractivity contribution in [2.45, 2.75) is 13.8 Å². The van der Waals surface area contributed by atoms with Gasteiger partial charge >= 0.3 is 0 Å². The standard InChI is InChI=1S/C12H20N2/c1-10-5-6-12(11(2)9-10)14(4)8-7-13-3/h5-6,9,13H,7-8H2,1-4H3. The van der Waals surface area contributed by atoms with E-state index in [1.54, 1.807) is 0 Å². The summed E-state index contributed by atoms with van der Waals surface area (Å²) in [4.78, 5) is 2.28. The molecule has 2 heteroatoms. The van der Waals surface area contributed by atoms with Gasteiger partial charge < -0.3 is 10.2 Å². The van der Waals surface area contributed by atoms with Crippen LogP contribution >= 0.6 is 0 Å². The Balaban J connectivity index is 2.74. The van der Waals surface area contributed by atoms with Gasteiger partial charge in [-0.2, -0.15) is 0 Å². The zero-order valence-corrected chi connectivity index (χ0v) is 9.59. The summed E-state index contributed by atoms with van der Waals surface area (Å²) in [6.07, 6.45) is 0. The number of aryl methyl sites for hydroxylation is 2. The molecular weight excluding hydrogens is 172 g/mol. The second-order valence-corrected chi connectivity index (χ2v) is 3.82. The fourth-order valence-electron chi connectivity index (χ4n) is 1.63. The molecule has 1 N–H and O–H groups in total. The van der Waals surface area contributed by atoms with Crippen LogP contribution in [0.5, 0.6) is 0 Å². The maximum atomic E-state index is 3.16. The second kappa shape index (κ2) is 5.01. The predicted molar refractivity (Wildman–Crippen MR) is 63.1 cm³/mol. The van der Waals surface area contributed by atoms with Gasteiger partial charge in [0.25, 0.3) is 0 Å². The van der Waals surface area contributed by atoms with Crippen LogP contribution in [0, 0.1) is 13.8 Å². The lowest BCUT2D eigenvalue weighted by atomic mass is 10.1. The van der Waals surface area contributed by atoms with Crippen molar-refractivity contribution in [2.24, 2.45) is 0 Å². The molecule has 0 aromatic heterocycles. The van der Waals surface area contributed by atoms with Crippen molar-refractivity contribution < 1.29 is 0 Å². The molecule has 0 heterocycles. The van der Waals surface area contributed by atoms with Crippen LogP contribution in [0.3, 0.4) is 0 Å². The van der Waals surface area contributed by atoms with E-state index in [9.17, 15) is 0 Å². The summed E-state index contributed by atoms with van der Waals surface area (Å²) in [5.74, 6) is 0. The molecule has 0 unspecified atom stereocenters. The number of hydrogen-bond acceptors (Lipinski definition) is 2. The molecule has 14 heavy (non-hydrogen) atoms. The summed E-state index contributed by atoms with van der Waals surface area (Å²) in [6.45, 7) is 6.35. The highest BCUT2D eigenvalue weighted by atomic mass is 15.1. The SMILES string of the molecule is CNCCN(C)c1ccc(C)cc1C. The summed E-state index contributed by atoms with van der Waals surface area (Å²) in [5.41, 5.74) is 4.00. The van der Waals surface area contributed by atoms with Crippen molar-refractivity contribution in [3.8, 4) is 0 Å². The third-order valence-electron chi connectivity index (χ3n) is 2.46. The molecule has 0 spiro atoms. The zero-order valence-electron chi connectivity index (χ0n) is 9.59. The minimum Gasteiger partial charge on any atom is -0.373 e. The number of nitrogens with zero attached hydrogens (tertiary/aromatic N) is 1. The van der Waals surface area contributed by atoms with Crippen molar-refractivity contribution in [1.82, 2.24) is 5.32 Å². The van der Waals surface area contributed by atoms with Gasteiger partial charge in [0.15, 0.2) is 0 Å². The van der Waals surface area contributed by atoms with Crippen molar-refractivity contribution in [3.63, 3.8) is 0 Å². The topological polar surface area (TPSA) is 15.3 Å². The van der Waals surface area contributed by atoms with E-state index in [-0.39, 0.29) is 0 Å². The van der Waals surface area contributed by atoms with E-state index in [4.69, 9.17) is 0 Å². The van der Waals surface area contributed by atoms with Gasteiger partial charge in [0.2, 0.25) is 0 Å². The lowest BCUT2D eigenvalue weighted by molar-refractivity contribution is 0.766. The molecule has 1 rings (SSSR count). The highest BCUT2D eigenvalue weighted by Gasteiger charge is 2.03. The molecule has 0 aliphatic heterocycles. The molecule has 1 aromatic carbocycles. The minimum absolute atomic E-state index is 1.02. The van der Waals surface area contributed by atoms with E-state index in [2.05, 4.69) is 49.3 Å². The molecule has 0 amide bonds. The highest BCUT2D eigenvalue weighted by molar-refractivity contribution is 5.53. The van der Waals surface area contributed by atoms with Crippen molar-refractivity contribution in [3.05, 3.63) is 29.3 Å². The Hall–Kier alpha value is -1.02. The molecule has 1 aromatic rings. The molecule has 78 valence electrons. The average molecular weight is 192 g/mol. The lowest BCUT2D eigenvalue weighted by Gasteiger charge is -2.21. The number of rotatable bonds is 4. The van der Waals surface area contributed by atoms with E-state index in [1.165, 1.54) is 16.8 Å². The van der Waals surface area contributed by atoms with Crippen molar-refractivity contribution in [1.29, 1.82) is 0 Å². The molecule has 0 bridgehead atoms. The lowest BCUT2D eigenvalue weighted by Crippen LogP contribution is -2.27. The smallest absolute Gasteiger partial charge is 0.0393 e. The fraction of sp³-hybridized carbons (Fsp3) is 0.500. The van der Waals surface area contributed by atoms with Gasteiger partial charge in [0.05, 0.1) is 0 Å². The molecule has 0 aliphatic carbocycles. The number of nitrogens with one attached hydrogen (secondary N) is 1. The van der Waals surface area contributed by atoms with Crippen LogP contribution in [-0.2, 0) is 0 Å². The second-order valence-electron chi connectivity index (χ2n) is 3.82. The fourth-order valence-corrected chi connectivity index (χ4v) is 1.63. The van der Waals surface area contributed by atoms with Gasteiger partial charge in [-0.05, 0) is 32.5 Å². The molecule has 0 atom stereocenters. The van der Waals surface area contributed by atoms with Crippen LogP contribution in [0.4, 0.5) is 5.69 Å². The molecule has 0 radical (unpaired) electrons. The van der Waals surface area contributed by atoms with Gasteiger partial charge in [0.1, 0.15) is 0 Å². The predicted octanol–water partition coefficient (Wildman–Crippen LogP) is 1.96. The summed E-state index contributed by atoms with van der Waals surface area (Å²) in [6, 6.07) is 6.59. The Morgan fingerprint density at radius 2 is 2.00 bits per heavy atom. The van der Waals surface area contributed by atoms with E-state index in [0.717, 1.165) is 13.1 Å². The Morgan fingerprint density at radius 3 is 2.57 bits per heavy atom. The third kappa shape index (κ3) is 2.74. The Kier molecular flexibility index (Phi) is 3.96. The molecule has 0 fully saturated rings. The van der Waals surface area contributed by atoms with Gasteiger partial charge in [0, 0.05) is 25.8 Å². The first-order chi connectivity index (χ1) is 6.65. The van der Waals surface area contributed by atoms with Crippen LogP contribution in [0.1, 0.15) is 11.1 Å². The zero-order chi connectivity index (χ0) is 10.6. The van der Waals surface area contributed by atoms with E-state index >= 15 is 0 Å². The summed E-state index contributed by atoms with van der Waals surface area (Å²) in [5, 5.41) is 3.16. The Morgan fingerprint density at radius 1 is 1.29 bits per heavy atom. The summed E-state index contributed by atoms with van der Waals surface area (Å²) in [7, 11) is 4.12. The number of hydrogen-bond donors (Lipinski definition) is 1. The molecule has 0 saturated heterocycles. The van der Waals surface area contributed by atoms with Crippen LogP contribution in [-0.4, -0.2) is 27.2 Å². The van der Waals surface area contributed by atoms with E-state index < -0.39 is 0 Å². The van der Waals surface area contributed by atoms with Crippen molar-refractivity contribution >= 4 is 5.69 Å². The first-order valence-electron chi connectivity index (χ1n) is 5.08. The maximum Gasteiger partial charge on any atom is 0.0393 e. The van der Waals surface area contributed by atoms with Crippen LogP contribution in [0.2, 0.25) is 0 Å². The van der Waals surface area contributed by atoms with Crippen LogP contribution < -0.4 is 10.2 Å². The maximum absolute atomic E-state index is 3.16. The number of anilines is 1. The first kappa shape index (κ1) is 11.1. The van der Waals surface area contributed by atoms with Crippen LogP contribution in [0.25, 0.3) is 0 Å². The number of likely N-dealkylation sites (N-methyl/N-ethyl adjacent to an activating group) is 2. The third-order valence-corrected chi connectivity index (χ3v) is 2.46. The molecule has 2 nitrogen and oxygen atoms in total. The summed E-state index contributed by atoms with van der Waals surface area (Å²) < 4.78 is 0. The monoisotopic (exact) mass is 192 g/mol. The highest BCUT2D eigenvalue weighted by Crippen LogP contribution is 2.19. The molecular formula is C12H20N2. The Bertz CT molecular complexity index is 294. The number of benzene rings is 1. The van der Waals surface area contributed by atoms with Gasteiger partial charge in [-0.25, -0.2) is 0 Å². The average Bonchev–Trinajstić information content (AvgIpc) is 2.14. The quantitative estimate of drug-likeness (QED) is 0.784. The minimum atomic E-state index is 1.02. The first-order valence-corrected chi connectivity index (χ1v) is 5.08. The summed E-state index contributed by atoms with van der Waals surface area (Å²) >= 11 is 0. The van der Waals surface area contributed by atoms with Crippen LogP contribution in [0.15, 0.2) is 18.2 Å². The van der Waals surface area contributed by atoms with Gasteiger partial charge in [-0.3, -0.25) is 0 Å². The largest absolute Gasteiger partial charge is 0.373 e. The Labute approximate surface area is 86.9 Å². The van der Waals surface area contributed by atoms with Crippen molar-refractivity contribution in [2.75, 3.05) is 32.1 Å². The van der Waals surface area contributed by atoms with Gasteiger partial charge in [-0.1, -0.05) is 17.7 Å². The van der Waals surface area contributed by atoms with E-state index in [1.807, 2.05) is 7.05 Å².